The molecule has 2 aliphatic heterocycles. The monoisotopic (exact) mass is 591 g/mol. The lowest BCUT2D eigenvalue weighted by molar-refractivity contribution is -0.137. The van der Waals surface area contributed by atoms with Gasteiger partial charge in [0.15, 0.2) is 0 Å². The van der Waals surface area contributed by atoms with Gasteiger partial charge in [0, 0.05) is 48.4 Å². The molecule has 224 valence electrons. The second kappa shape index (κ2) is 11.8. The van der Waals surface area contributed by atoms with Crippen molar-refractivity contribution in [2.75, 3.05) is 44.3 Å². The number of hydrogen-bond acceptors (Lipinski definition) is 4. The second-order valence-corrected chi connectivity index (χ2v) is 11.0. The number of carbonyl (C=O) groups is 2. The van der Waals surface area contributed by atoms with E-state index in [1.54, 1.807) is 18.2 Å². The number of alkyl halides is 3. The smallest absolute Gasteiger partial charge is 0.417 e. The maximum absolute atomic E-state index is 14.4. The third-order valence-electron chi connectivity index (χ3n) is 8.40. The standard InChI is InChI=1S/C33H32F3N3O4/c34-33(35,36)27-20-22(31(40)39-16-18-43-19-17-39)11-12-23(27)24-8-5-9-25-26(30(32(41)42)37-29(24)25)7-3-4-14-38-15-13-21-6-1-2-10-28(21)38/h1-2,5-6,8-12,20,37H,3-4,7,13-19H2,(H,41,42). The van der Waals surface area contributed by atoms with Gasteiger partial charge in [0.05, 0.1) is 24.3 Å². The number of carboxylic acids is 1. The van der Waals surface area contributed by atoms with Crippen molar-refractivity contribution >= 4 is 28.5 Å². The summed E-state index contributed by atoms with van der Waals surface area (Å²) in [5.41, 5.74) is 2.59. The Balaban J connectivity index is 1.29. The van der Waals surface area contributed by atoms with Gasteiger partial charge < -0.3 is 24.6 Å². The highest BCUT2D eigenvalue weighted by atomic mass is 19.4. The SMILES string of the molecule is O=C(O)c1[nH]c2c(-c3ccc(C(=O)N4CCOCC4)cc3C(F)(F)F)cccc2c1CCCCN1CCc2ccccc21. The van der Waals surface area contributed by atoms with Crippen LogP contribution in [-0.2, 0) is 23.8 Å². The fourth-order valence-corrected chi connectivity index (χ4v) is 6.28. The topological polar surface area (TPSA) is 85.9 Å². The Hall–Kier alpha value is -4.31. The summed E-state index contributed by atoms with van der Waals surface area (Å²) in [6.45, 7) is 3.11. The Morgan fingerprint density at radius 3 is 2.49 bits per heavy atom. The van der Waals surface area contributed by atoms with Crippen molar-refractivity contribution in [2.45, 2.75) is 31.9 Å². The molecule has 3 aromatic carbocycles. The zero-order chi connectivity index (χ0) is 30.1. The maximum Gasteiger partial charge on any atom is 0.417 e. The molecule has 0 aliphatic carbocycles. The van der Waals surface area contributed by atoms with Gasteiger partial charge in [-0.15, -0.1) is 0 Å². The number of unbranched alkanes of at least 4 members (excludes halogenated alkanes) is 1. The van der Waals surface area contributed by atoms with Crippen LogP contribution < -0.4 is 4.90 Å². The number of fused-ring (bicyclic) bond motifs is 2. The van der Waals surface area contributed by atoms with Crippen molar-refractivity contribution in [1.29, 1.82) is 0 Å². The first-order valence-corrected chi connectivity index (χ1v) is 14.5. The van der Waals surface area contributed by atoms with Crippen LogP contribution in [0.15, 0.2) is 60.7 Å². The molecule has 0 spiro atoms. The third-order valence-corrected chi connectivity index (χ3v) is 8.40. The van der Waals surface area contributed by atoms with Crippen molar-refractivity contribution in [3.8, 4) is 11.1 Å². The van der Waals surface area contributed by atoms with Gasteiger partial charge in [-0.2, -0.15) is 13.2 Å². The number of aromatic nitrogens is 1. The number of aryl methyl sites for hydroxylation is 1. The summed E-state index contributed by atoms with van der Waals surface area (Å²) in [6, 6.07) is 16.9. The summed E-state index contributed by atoms with van der Waals surface area (Å²) in [6.07, 6.45) is -1.69. The number of hydrogen-bond donors (Lipinski definition) is 2. The minimum atomic E-state index is -4.74. The van der Waals surface area contributed by atoms with E-state index in [1.165, 1.54) is 28.3 Å². The van der Waals surface area contributed by atoms with E-state index in [9.17, 15) is 27.9 Å². The number of nitrogens with one attached hydrogen (secondary N) is 1. The Morgan fingerprint density at radius 1 is 0.930 bits per heavy atom. The van der Waals surface area contributed by atoms with E-state index in [-0.39, 0.29) is 22.4 Å². The minimum absolute atomic E-state index is 0.0124. The van der Waals surface area contributed by atoms with E-state index in [4.69, 9.17) is 4.74 Å². The molecule has 1 aromatic heterocycles. The van der Waals surface area contributed by atoms with E-state index in [2.05, 4.69) is 22.0 Å². The number of aromatic amines is 1. The molecular weight excluding hydrogens is 559 g/mol. The molecule has 7 nitrogen and oxygen atoms in total. The van der Waals surface area contributed by atoms with Crippen LogP contribution in [0.3, 0.4) is 0 Å². The quantitative estimate of drug-likeness (QED) is 0.231. The lowest BCUT2D eigenvalue weighted by Crippen LogP contribution is -2.40. The van der Waals surface area contributed by atoms with E-state index in [0.717, 1.165) is 38.4 Å². The fraction of sp³-hybridized carbons (Fsp3) is 0.333. The summed E-state index contributed by atoms with van der Waals surface area (Å²) < 4.78 is 48.5. The second-order valence-electron chi connectivity index (χ2n) is 11.0. The molecule has 0 atom stereocenters. The molecule has 43 heavy (non-hydrogen) atoms. The van der Waals surface area contributed by atoms with Crippen LogP contribution in [0.25, 0.3) is 22.0 Å². The predicted octanol–water partition coefficient (Wildman–Crippen LogP) is 6.41. The molecule has 0 radical (unpaired) electrons. The summed E-state index contributed by atoms with van der Waals surface area (Å²) in [4.78, 5) is 32.0. The number of benzene rings is 3. The van der Waals surface area contributed by atoms with Gasteiger partial charge in [-0.05, 0) is 60.6 Å². The number of nitrogens with zero attached hydrogens (tertiary/aromatic N) is 2. The average Bonchev–Trinajstić information content (AvgIpc) is 3.60. The predicted molar refractivity (Wildman–Crippen MR) is 158 cm³/mol. The zero-order valence-corrected chi connectivity index (χ0v) is 23.5. The van der Waals surface area contributed by atoms with Crippen LogP contribution in [0.4, 0.5) is 18.9 Å². The molecular formula is C33H32F3N3O4. The molecule has 1 fully saturated rings. The van der Waals surface area contributed by atoms with Crippen molar-refractivity contribution in [1.82, 2.24) is 9.88 Å². The fourth-order valence-electron chi connectivity index (χ4n) is 6.28. The first kappa shape index (κ1) is 28.8. The van der Waals surface area contributed by atoms with Gasteiger partial charge in [-0.3, -0.25) is 4.79 Å². The Morgan fingerprint density at radius 2 is 1.72 bits per heavy atom. The Kier molecular flexibility index (Phi) is 7.87. The lowest BCUT2D eigenvalue weighted by Gasteiger charge is -2.27. The number of morpholine rings is 1. The number of para-hydroxylation sites is 2. The molecule has 3 heterocycles. The number of amides is 1. The highest BCUT2D eigenvalue weighted by molar-refractivity contribution is 6.04. The largest absolute Gasteiger partial charge is 0.477 e. The van der Waals surface area contributed by atoms with Crippen molar-refractivity contribution in [3.05, 3.63) is 88.6 Å². The first-order valence-electron chi connectivity index (χ1n) is 14.5. The van der Waals surface area contributed by atoms with Crippen molar-refractivity contribution in [2.24, 2.45) is 0 Å². The van der Waals surface area contributed by atoms with E-state index in [1.807, 2.05) is 12.1 Å². The zero-order valence-electron chi connectivity index (χ0n) is 23.5. The Labute approximate surface area is 246 Å². The number of carboxylic acid groups (broad SMARTS) is 1. The molecule has 0 saturated carbocycles. The molecule has 2 N–H and O–H groups in total. The molecule has 1 amide bonds. The van der Waals surface area contributed by atoms with Gasteiger partial charge in [0.25, 0.3) is 5.91 Å². The van der Waals surface area contributed by atoms with Gasteiger partial charge in [-0.1, -0.05) is 42.5 Å². The van der Waals surface area contributed by atoms with Gasteiger partial charge in [0.2, 0.25) is 0 Å². The molecule has 4 aromatic rings. The van der Waals surface area contributed by atoms with Crippen molar-refractivity contribution in [3.63, 3.8) is 0 Å². The highest BCUT2D eigenvalue weighted by Gasteiger charge is 2.36. The third kappa shape index (κ3) is 5.71. The van der Waals surface area contributed by atoms with Gasteiger partial charge in [-0.25, -0.2) is 4.79 Å². The first-order chi connectivity index (χ1) is 20.7. The number of H-pyrrole nitrogens is 1. The summed E-state index contributed by atoms with van der Waals surface area (Å²) >= 11 is 0. The molecule has 0 unspecified atom stereocenters. The van der Waals surface area contributed by atoms with Gasteiger partial charge in [0.1, 0.15) is 5.69 Å². The number of ether oxygens (including phenoxy) is 1. The van der Waals surface area contributed by atoms with Crippen LogP contribution in [0.2, 0.25) is 0 Å². The van der Waals surface area contributed by atoms with Crippen LogP contribution >= 0.6 is 0 Å². The molecule has 0 bridgehead atoms. The lowest BCUT2D eigenvalue weighted by atomic mass is 9.94. The maximum atomic E-state index is 14.4. The van der Waals surface area contributed by atoms with Crippen LogP contribution in [0, 0.1) is 0 Å². The number of anilines is 1. The Bertz CT molecular complexity index is 1670. The summed E-state index contributed by atoms with van der Waals surface area (Å²) in [7, 11) is 0. The van der Waals surface area contributed by atoms with Gasteiger partial charge >= 0.3 is 12.1 Å². The number of aromatic carboxylic acids is 1. The average molecular weight is 592 g/mol. The molecule has 6 rings (SSSR count). The normalized spacial score (nSPS) is 15.2. The molecule has 1 saturated heterocycles. The van der Waals surface area contributed by atoms with Crippen LogP contribution in [-0.4, -0.2) is 66.3 Å². The van der Waals surface area contributed by atoms with E-state index < -0.39 is 23.6 Å². The number of halogens is 3. The van der Waals surface area contributed by atoms with E-state index >= 15 is 0 Å². The van der Waals surface area contributed by atoms with E-state index in [0.29, 0.717) is 49.2 Å². The number of carbonyl (C=O) groups excluding carboxylic acids is 1. The summed E-state index contributed by atoms with van der Waals surface area (Å²) in [5, 5.41) is 10.6. The van der Waals surface area contributed by atoms with Crippen LogP contribution in [0.5, 0.6) is 0 Å². The minimum Gasteiger partial charge on any atom is -0.477 e. The molecule has 2 aliphatic rings. The van der Waals surface area contributed by atoms with Crippen molar-refractivity contribution < 1.29 is 32.6 Å². The van der Waals surface area contributed by atoms with Crippen LogP contribution in [0.1, 0.15) is 50.4 Å². The molecule has 10 heteroatoms. The summed E-state index contributed by atoms with van der Waals surface area (Å²) in [5.74, 6) is -1.64. The number of rotatable bonds is 8. The highest BCUT2D eigenvalue weighted by Crippen LogP contribution is 2.41.